The van der Waals surface area contributed by atoms with E-state index in [9.17, 15) is 4.79 Å². The number of fused-ring (bicyclic) bond motifs is 1. The third kappa shape index (κ3) is 3.37. The van der Waals surface area contributed by atoms with Crippen LogP contribution < -0.4 is 0 Å². The van der Waals surface area contributed by atoms with Crippen molar-refractivity contribution in [2.45, 2.75) is 26.1 Å². The van der Waals surface area contributed by atoms with Crippen molar-refractivity contribution in [1.82, 2.24) is 19.7 Å². The van der Waals surface area contributed by atoms with Crippen LogP contribution >= 0.6 is 0 Å². The molecule has 5 heteroatoms. The summed E-state index contributed by atoms with van der Waals surface area (Å²) in [5.74, 6) is 0. The number of rotatable bonds is 4. The highest BCUT2D eigenvalue weighted by molar-refractivity contribution is 5.77. The summed E-state index contributed by atoms with van der Waals surface area (Å²) in [6, 6.07) is 13.0. The Labute approximate surface area is 148 Å². The van der Waals surface area contributed by atoms with E-state index >= 15 is 0 Å². The van der Waals surface area contributed by atoms with Crippen molar-refractivity contribution in [2.24, 2.45) is 0 Å². The van der Waals surface area contributed by atoms with Gasteiger partial charge in [0.25, 0.3) is 0 Å². The largest absolute Gasteiger partial charge is 0.320 e. The van der Waals surface area contributed by atoms with Gasteiger partial charge in [-0.15, -0.1) is 0 Å². The van der Waals surface area contributed by atoms with Gasteiger partial charge in [0.05, 0.1) is 6.04 Å². The highest BCUT2D eigenvalue weighted by Gasteiger charge is 2.40. The number of aromatic nitrogens is 1. The number of carbonyl (C=O) groups excluding carboxylic acids is 1. The molecule has 25 heavy (non-hydrogen) atoms. The zero-order valence-corrected chi connectivity index (χ0v) is 14.6. The number of pyridine rings is 1. The fourth-order valence-corrected chi connectivity index (χ4v) is 3.86. The number of nitrogens with zero attached hydrogens (tertiary/aromatic N) is 4. The molecular weight excluding hydrogens is 312 g/mol. The maximum absolute atomic E-state index is 12.7. The average Bonchev–Trinajstić information content (AvgIpc) is 2.93. The molecule has 0 unspecified atom stereocenters. The smallest absolute Gasteiger partial charge is 0.318 e. The first-order chi connectivity index (χ1) is 12.2. The van der Waals surface area contributed by atoms with E-state index in [0.717, 1.165) is 38.3 Å². The normalized spacial score (nSPS) is 20.8. The summed E-state index contributed by atoms with van der Waals surface area (Å²) < 4.78 is 0. The van der Waals surface area contributed by atoms with Crippen LogP contribution in [0, 0.1) is 6.92 Å². The molecule has 0 N–H and O–H groups in total. The molecule has 0 bridgehead atoms. The predicted molar refractivity (Wildman–Crippen MR) is 97.0 cm³/mol. The second-order valence-electron chi connectivity index (χ2n) is 7.03. The number of urea groups is 1. The molecule has 1 aromatic heterocycles. The minimum Gasteiger partial charge on any atom is -0.318 e. The Balaban J connectivity index is 1.40. The maximum Gasteiger partial charge on any atom is 0.320 e. The van der Waals surface area contributed by atoms with Gasteiger partial charge in [-0.3, -0.25) is 9.88 Å². The van der Waals surface area contributed by atoms with Gasteiger partial charge in [-0.05, 0) is 29.7 Å². The Morgan fingerprint density at radius 3 is 2.76 bits per heavy atom. The Morgan fingerprint density at radius 2 is 1.96 bits per heavy atom. The second kappa shape index (κ2) is 6.84. The summed E-state index contributed by atoms with van der Waals surface area (Å²) in [7, 11) is 0. The van der Waals surface area contributed by atoms with E-state index in [-0.39, 0.29) is 6.03 Å². The standard InChI is InChI=1S/C20H24N4O/c1-16-5-2-3-7-18(16)13-22-9-10-24-19(14-22)15-23(20(24)25)12-17-6-4-8-21-11-17/h2-8,11,19H,9-10,12-15H2,1H3/t19-/m1/s1. The highest BCUT2D eigenvalue weighted by Crippen LogP contribution is 2.23. The number of piperazine rings is 1. The fraction of sp³-hybridized carbons (Fsp3) is 0.400. The van der Waals surface area contributed by atoms with Crippen molar-refractivity contribution < 1.29 is 4.79 Å². The Kier molecular flexibility index (Phi) is 4.40. The first kappa shape index (κ1) is 16.1. The molecule has 0 saturated carbocycles. The number of aryl methyl sites for hydroxylation is 1. The molecule has 0 spiro atoms. The number of hydrogen-bond acceptors (Lipinski definition) is 3. The number of benzene rings is 1. The zero-order valence-electron chi connectivity index (χ0n) is 14.6. The van der Waals surface area contributed by atoms with Crippen LogP contribution in [-0.4, -0.2) is 57.9 Å². The van der Waals surface area contributed by atoms with Gasteiger partial charge < -0.3 is 9.80 Å². The maximum atomic E-state index is 12.7. The summed E-state index contributed by atoms with van der Waals surface area (Å²) in [5, 5.41) is 0. The summed E-state index contributed by atoms with van der Waals surface area (Å²) in [4.78, 5) is 23.3. The summed E-state index contributed by atoms with van der Waals surface area (Å²) >= 11 is 0. The predicted octanol–water partition coefficient (Wildman–Crippen LogP) is 2.51. The molecule has 5 nitrogen and oxygen atoms in total. The van der Waals surface area contributed by atoms with E-state index in [1.165, 1.54) is 11.1 Å². The van der Waals surface area contributed by atoms with Crippen LogP contribution in [0.3, 0.4) is 0 Å². The Morgan fingerprint density at radius 1 is 1.08 bits per heavy atom. The monoisotopic (exact) mass is 336 g/mol. The van der Waals surface area contributed by atoms with Crippen molar-refractivity contribution in [1.29, 1.82) is 0 Å². The molecule has 1 atom stereocenters. The van der Waals surface area contributed by atoms with E-state index < -0.39 is 0 Å². The van der Waals surface area contributed by atoms with Crippen molar-refractivity contribution in [2.75, 3.05) is 26.2 Å². The molecule has 130 valence electrons. The molecule has 0 radical (unpaired) electrons. The molecule has 2 fully saturated rings. The van der Waals surface area contributed by atoms with Crippen LogP contribution in [0.1, 0.15) is 16.7 Å². The topological polar surface area (TPSA) is 39.7 Å². The lowest BCUT2D eigenvalue weighted by molar-refractivity contribution is 0.116. The molecule has 2 aromatic rings. The van der Waals surface area contributed by atoms with Crippen LogP contribution in [0.25, 0.3) is 0 Å². The van der Waals surface area contributed by atoms with Crippen LogP contribution in [0.15, 0.2) is 48.8 Å². The van der Waals surface area contributed by atoms with Gasteiger partial charge in [0, 0.05) is 51.7 Å². The van der Waals surface area contributed by atoms with E-state index in [4.69, 9.17) is 0 Å². The number of carbonyl (C=O) groups is 1. The lowest BCUT2D eigenvalue weighted by Crippen LogP contribution is -2.51. The molecule has 2 aliphatic heterocycles. The molecule has 2 aliphatic rings. The van der Waals surface area contributed by atoms with Crippen molar-refractivity contribution >= 4 is 6.03 Å². The third-order valence-electron chi connectivity index (χ3n) is 5.27. The van der Waals surface area contributed by atoms with Crippen LogP contribution in [0.5, 0.6) is 0 Å². The highest BCUT2D eigenvalue weighted by atomic mass is 16.2. The van der Waals surface area contributed by atoms with E-state index in [1.54, 1.807) is 6.20 Å². The molecule has 4 rings (SSSR count). The quantitative estimate of drug-likeness (QED) is 0.861. The van der Waals surface area contributed by atoms with Crippen molar-refractivity contribution in [3.63, 3.8) is 0 Å². The van der Waals surface area contributed by atoms with Gasteiger partial charge >= 0.3 is 6.03 Å². The Bertz CT molecular complexity index is 748. The van der Waals surface area contributed by atoms with Crippen LogP contribution in [-0.2, 0) is 13.1 Å². The van der Waals surface area contributed by atoms with Gasteiger partial charge in [0.15, 0.2) is 0 Å². The van der Waals surface area contributed by atoms with Gasteiger partial charge in [0.1, 0.15) is 0 Å². The van der Waals surface area contributed by atoms with Crippen LogP contribution in [0.4, 0.5) is 4.79 Å². The molecule has 1 aromatic carbocycles. The van der Waals surface area contributed by atoms with E-state index in [1.807, 2.05) is 28.1 Å². The number of hydrogen-bond donors (Lipinski definition) is 0. The molecule has 3 heterocycles. The molecule has 0 aliphatic carbocycles. The van der Waals surface area contributed by atoms with Gasteiger partial charge in [-0.1, -0.05) is 30.3 Å². The summed E-state index contributed by atoms with van der Waals surface area (Å²) in [6.45, 7) is 7.30. The Hall–Kier alpha value is -2.40. The van der Waals surface area contributed by atoms with Crippen LogP contribution in [0.2, 0.25) is 0 Å². The lowest BCUT2D eigenvalue weighted by Gasteiger charge is -2.36. The minimum atomic E-state index is 0.171. The van der Waals surface area contributed by atoms with E-state index in [0.29, 0.717) is 12.6 Å². The molecule has 2 amide bonds. The van der Waals surface area contributed by atoms with E-state index in [2.05, 4.69) is 41.1 Å². The first-order valence-electron chi connectivity index (χ1n) is 8.92. The zero-order chi connectivity index (χ0) is 17.2. The van der Waals surface area contributed by atoms with Gasteiger partial charge in [0.2, 0.25) is 0 Å². The first-order valence-corrected chi connectivity index (χ1v) is 8.92. The summed E-state index contributed by atoms with van der Waals surface area (Å²) in [6.07, 6.45) is 3.61. The van der Waals surface area contributed by atoms with Crippen molar-refractivity contribution in [3.05, 3.63) is 65.5 Å². The van der Waals surface area contributed by atoms with Gasteiger partial charge in [-0.25, -0.2) is 4.79 Å². The lowest BCUT2D eigenvalue weighted by atomic mass is 10.1. The van der Waals surface area contributed by atoms with Crippen molar-refractivity contribution in [3.8, 4) is 0 Å². The minimum absolute atomic E-state index is 0.171. The summed E-state index contributed by atoms with van der Waals surface area (Å²) in [5.41, 5.74) is 3.81. The number of amides is 2. The second-order valence-corrected chi connectivity index (χ2v) is 7.03. The molecule has 2 saturated heterocycles. The SMILES string of the molecule is Cc1ccccc1CN1CCN2C(=O)N(Cc3cccnc3)C[C@H]2C1. The van der Waals surface area contributed by atoms with Gasteiger partial charge in [-0.2, -0.15) is 0 Å². The third-order valence-corrected chi connectivity index (χ3v) is 5.27. The molecular formula is C20H24N4O. The average molecular weight is 336 g/mol. The fourth-order valence-electron chi connectivity index (χ4n) is 3.86.